The molecule has 74 valence electrons. The first-order valence-corrected chi connectivity index (χ1v) is 5.06. The summed E-state index contributed by atoms with van der Waals surface area (Å²) >= 11 is 6.90. The summed E-state index contributed by atoms with van der Waals surface area (Å²) < 4.78 is 3.45. The predicted molar refractivity (Wildman–Crippen MR) is 53.7 cm³/mol. The zero-order valence-corrected chi connectivity index (χ0v) is 8.92. The average molecular weight is 231 g/mol. The summed E-state index contributed by atoms with van der Waals surface area (Å²) in [5.41, 5.74) is -0.0728. The standard InChI is InChI=1S/C7H7ClN4OS/c1-11-2-3-12(7(11)13)4-5-9-10-6(8)14-5/h2-3H,4H2,1H3. The topological polar surface area (TPSA) is 52.7 Å². The van der Waals surface area contributed by atoms with Gasteiger partial charge in [0.2, 0.25) is 4.47 Å². The minimum Gasteiger partial charge on any atom is -0.302 e. The van der Waals surface area contributed by atoms with Crippen LogP contribution >= 0.6 is 22.9 Å². The van der Waals surface area contributed by atoms with E-state index >= 15 is 0 Å². The van der Waals surface area contributed by atoms with E-state index in [1.807, 2.05) is 0 Å². The van der Waals surface area contributed by atoms with Crippen molar-refractivity contribution in [2.75, 3.05) is 0 Å². The first-order valence-electron chi connectivity index (χ1n) is 3.86. The van der Waals surface area contributed by atoms with E-state index in [0.29, 0.717) is 11.0 Å². The van der Waals surface area contributed by atoms with E-state index < -0.39 is 0 Å². The summed E-state index contributed by atoms with van der Waals surface area (Å²) in [5.74, 6) is 0. The molecule has 2 heterocycles. The summed E-state index contributed by atoms with van der Waals surface area (Å²) in [7, 11) is 1.70. The molecule has 2 aromatic heterocycles. The Labute approximate surface area is 88.6 Å². The lowest BCUT2D eigenvalue weighted by molar-refractivity contribution is 0.708. The number of halogens is 1. The second-order valence-corrected chi connectivity index (χ2v) is 4.41. The Morgan fingerprint density at radius 3 is 2.79 bits per heavy atom. The molecule has 0 saturated heterocycles. The third kappa shape index (κ3) is 1.71. The fourth-order valence-corrected chi connectivity index (χ4v) is 1.94. The molecule has 5 nitrogen and oxygen atoms in total. The van der Waals surface area contributed by atoms with Crippen molar-refractivity contribution in [1.82, 2.24) is 19.3 Å². The second-order valence-electron chi connectivity index (χ2n) is 2.77. The molecule has 0 amide bonds. The van der Waals surface area contributed by atoms with Gasteiger partial charge in [0.05, 0.1) is 6.54 Å². The molecular weight excluding hydrogens is 224 g/mol. The fourth-order valence-electron chi connectivity index (χ4n) is 1.07. The molecule has 0 aliphatic carbocycles. The van der Waals surface area contributed by atoms with Gasteiger partial charge in [-0.1, -0.05) is 11.3 Å². The van der Waals surface area contributed by atoms with E-state index in [0.717, 1.165) is 5.01 Å². The minimum absolute atomic E-state index is 0.0728. The highest BCUT2D eigenvalue weighted by Crippen LogP contribution is 2.14. The lowest BCUT2D eigenvalue weighted by atomic mass is 10.6. The average Bonchev–Trinajstić information content (AvgIpc) is 2.67. The first-order chi connectivity index (χ1) is 6.66. The van der Waals surface area contributed by atoms with Gasteiger partial charge in [0.1, 0.15) is 5.01 Å². The van der Waals surface area contributed by atoms with E-state index in [4.69, 9.17) is 11.6 Å². The van der Waals surface area contributed by atoms with Gasteiger partial charge in [-0.3, -0.25) is 4.57 Å². The molecule has 2 rings (SSSR count). The van der Waals surface area contributed by atoms with Crippen LogP contribution in [-0.4, -0.2) is 19.3 Å². The Hall–Kier alpha value is -1.14. The second kappa shape index (κ2) is 3.55. The minimum atomic E-state index is -0.0728. The van der Waals surface area contributed by atoms with Crippen LogP contribution in [0.1, 0.15) is 5.01 Å². The van der Waals surface area contributed by atoms with Crippen LogP contribution < -0.4 is 5.69 Å². The highest BCUT2D eigenvalue weighted by Gasteiger charge is 2.05. The zero-order valence-electron chi connectivity index (χ0n) is 7.35. The van der Waals surface area contributed by atoms with Crippen molar-refractivity contribution in [3.8, 4) is 0 Å². The summed E-state index contributed by atoms with van der Waals surface area (Å²) in [6, 6.07) is 0. The van der Waals surface area contributed by atoms with Crippen LogP contribution in [0.2, 0.25) is 4.47 Å². The monoisotopic (exact) mass is 230 g/mol. The molecule has 0 radical (unpaired) electrons. The van der Waals surface area contributed by atoms with Crippen LogP contribution in [0.25, 0.3) is 0 Å². The van der Waals surface area contributed by atoms with Gasteiger partial charge >= 0.3 is 5.69 Å². The predicted octanol–water partition coefficient (Wildman–Crippen LogP) is 0.740. The first kappa shape index (κ1) is 9.42. The van der Waals surface area contributed by atoms with Gasteiger partial charge in [-0.25, -0.2) is 4.79 Å². The largest absolute Gasteiger partial charge is 0.328 e. The summed E-state index contributed by atoms with van der Waals surface area (Å²) in [6.07, 6.45) is 3.41. The third-order valence-electron chi connectivity index (χ3n) is 1.77. The Balaban J connectivity index is 2.27. The van der Waals surface area contributed by atoms with Crippen molar-refractivity contribution in [3.63, 3.8) is 0 Å². The number of hydrogen-bond acceptors (Lipinski definition) is 4. The fraction of sp³-hybridized carbons (Fsp3) is 0.286. The van der Waals surface area contributed by atoms with E-state index in [2.05, 4.69) is 10.2 Å². The number of hydrogen-bond donors (Lipinski definition) is 0. The van der Waals surface area contributed by atoms with Gasteiger partial charge in [0.25, 0.3) is 0 Å². The molecule has 2 aromatic rings. The molecule has 14 heavy (non-hydrogen) atoms. The third-order valence-corrected chi connectivity index (χ3v) is 2.77. The zero-order chi connectivity index (χ0) is 10.1. The lowest BCUT2D eigenvalue weighted by Gasteiger charge is -1.94. The molecule has 0 bridgehead atoms. The summed E-state index contributed by atoms with van der Waals surface area (Å²) in [4.78, 5) is 11.4. The quantitative estimate of drug-likeness (QED) is 0.765. The van der Waals surface area contributed by atoms with Crippen molar-refractivity contribution in [3.05, 3.63) is 32.4 Å². The molecule has 0 saturated carbocycles. The Morgan fingerprint density at radius 2 is 2.29 bits per heavy atom. The Bertz CT molecular complexity index is 500. The Morgan fingerprint density at radius 1 is 1.50 bits per heavy atom. The molecule has 0 aromatic carbocycles. The van der Waals surface area contributed by atoms with Crippen molar-refractivity contribution < 1.29 is 0 Å². The van der Waals surface area contributed by atoms with Crippen molar-refractivity contribution in [2.45, 2.75) is 6.54 Å². The number of aromatic nitrogens is 4. The number of rotatable bonds is 2. The van der Waals surface area contributed by atoms with Gasteiger partial charge in [-0.15, -0.1) is 10.2 Å². The molecule has 7 heteroatoms. The maximum Gasteiger partial charge on any atom is 0.328 e. The van der Waals surface area contributed by atoms with Crippen LogP contribution in [0.5, 0.6) is 0 Å². The molecule has 0 unspecified atom stereocenters. The van der Waals surface area contributed by atoms with Gasteiger partial charge in [0, 0.05) is 19.4 Å². The van der Waals surface area contributed by atoms with Crippen LogP contribution in [-0.2, 0) is 13.6 Å². The summed E-state index contributed by atoms with van der Waals surface area (Å²) in [5, 5.41) is 8.22. The van der Waals surface area contributed by atoms with Gasteiger partial charge < -0.3 is 4.57 Å². The maximum atomic E-state index is 11.4. The highest BCUT2D eigenvalue weighted by atomic mass is 35.5. The smallest absolute Gasteiger partial charge is 0.302 e. The van der Waals surface area contributed by atoms with Gasteiger partial charge in [-0.2, -0.15) is 0 Å². The van der Waals surface area contributed by atoms with E-state index in [1.54, 1.807) is 24.0 Å². The van der Waals surface area contributed by atoms with Crippen LogP contribution in [0.3, 0.4) is 0 Å². The molecule has 0 fully saturated rings. The van der Waals surface area contributed by atoms with Crippen LogP contribution in [0.4, 0.5) is 0 Å². The van der Waals surface area contributed by atoms with Crippen LogP contribution in [0.15, 0.2) is 17.2 Å². The van der Waals surface area contributed by atoms with Crippen molar-refractivity contribution >= 4 is 22.9 Å². The highest BCUT2D eigenvalue weighted by molar-refractivity contribution is 7.15. The van der Waals surface area contributed by atoms with Gasteiger partial charge in [-0.05, 0) is 11.6 Å². The molecule has 0 spiro atoms. The van der Waals surface area contributed by atoms with E-state index in [-0.39, 0.29) is 5.69 Å². The molecule has 0 atom stereocenters. The van der Waals surface area contributed by atoms with Crippen molar-refractivity contribution in [2.24, 2.45) is 7.05 Å². The van der Waals surface area contributed by atoms with E-state index in [9.17, 15) is 4.79 Å². The maximum absolute atomic E-state index is 11.4. The van der Waals surface area contributed by atoms with Gasteiger partial charge in [0.15, 0.2) is 0 Å². The van der Waals surface area contributed by atoms with Crippen molar-refractivity contribution in [1.29, 1.82) is 0 Å². The molecular formula is C7H7ClN4OS. The molecule has 0 N–H and O–H groups in total. The Kier molecular flexibility index (Phi) is 2.39. The number of nitrogens with zero attached hydrogens (tertiary/aromatic N) is 4. The lowest BCUT2D eigenvalue weighted by Crippen LogP contribution is -2.22. The molecule has 0 aliphatic heterocycles. The SMILES string of the molecule is Cn1ccn(Cc2nnc(Cl)s2)c1=O. The van der Waals surface area contributed by atoms with Crippen LogP contribution in [0, 0.1) is 0 Å². The summed E-state index contributed by atoms with van der Waals surface area (Å²) in [6.45, 7) is 0.421. The normalized spacial score (nSPS) is 10.7. The number of imidazole rings is 1. The number of aryl methyl sites for hydroxylation is 1. The van der Waals surface area contributed by atoms with E-state index in [1.165, 1.54) is 15.9 Å². The molecule has 0 aliphatic rings.